The first-order valence-corrected chi connectivity index (χ1v) is 8.50. The van der Waals surface area contributed by atoms with Gasteiger partial charge in [0.05, 0.1) is 12.8 Å². The number of aromatic hydroxyl groups is 1. The van der Waals surface area contributed by atoms with Crippen molar-refractivity contribution in [3.63, 3.8) is 0 Å². The van der Waals surface area contributed by atoms with Gasteiger partial charge in [0.1, 0.15) is 5.75 Å². The summed E-state index contributed by atoms with van der Waals surface area (Å²) in [4.78, 5) is 12.0. The molecule has 0 saturated heterocycles. The maximum absolute atomic E-state index is 12.0. The maximum Gasteiger partial charge on any atom is 0.280 e. The Morgan fingerprint density at radius 3 is 2.88 bits per heavy atom. The van der Waals surface area contributed by atoms with Crippen LogP contribution in [0.25, 0.3) is 0 Å². The number of carbonyl (C=O) groups excluding carboxylic acids is 1. The summed E-state index contributed by atoms with van der Waals surface area (Å²) >= 11 is 3.35. The third-order valence-electron chi connectivity index (χ3n) is 3.15. The number of ether oxygens (including phenoxy) is 2. The van der Waals surface area contributed by atoms with Crippen LogP contribution < -0.4 is 14.9 Å². The van der Waals surface area contributed by atoms with E-state index in [1.165, 1.54) is 12.3 Å². The molecule has 2 rings (SSSR count). The zero-order chi connectivity index (χ0) is 18.2. The van der Waals surface area contributed by atoms with Gasteiger partial charge < -0.3 is 14.6 Å². The highest BCUT2D eigenvalue weighted by molar-refractivity contribution is 9.10. The van der Waals surface area contributed by atoms with Crippen molar-refractivity contribution in [3.05, 3.63) is 52.5 Å². The van der Waals surface area contributed by atoms with Gasteiger partial charge >= 0.3 is 0 Å². The van der Waals surface area contributed by atoms with Crippen LogP contribution in [-0.2, 0) is 4.79 Å². The Hall–Kier alpha value is -2.54. The first-order chi connectivity index (χ1) is 12.0. The van der Waals surface area contributed by atoms with E-state index in [1.807, 2.05) is 19.1 Å². The number of carbonyl (C=O) groups is 1. The molecule has 7 heteroatoms. The smallest absolute Gasteiger partial charge is 0.280 e. The second-order valence-corrected chi connectivity index (χ2v) is 6.03. The van der Waals surface area contributed by atoms with E-state index >= 15 is 0 Å². The lowest BCUT2D eigenvalue weighted by Gasteiger charge is -2.13. The number of phenols is 1. The number of phenolic OH excluding ortho intramolecular Hbond substituents is 1. The standard InChI is InChI=1S/C18H19BrN2O4/c1-3-24-17-9-13(7-8-16(17)22)11-20-21-18(23)12(2)25-15-6-4-5-14(19)10-15/h4-12,22H,3H2,1-2H3,(H,21,23)/b20-11+/t12-/m0/s1. The van der Waals surface area contributed by atoms with Crippen LogP contribution in [0.4, 0.5) is 0 Å². The van der Waals surface area contributed by atoms with Crippen LogP contribution in [0.1, 0.15) is 19.4 Å². The third kappa shape index (κ3) is 5.79. The van der Waals surface area contributed by atoms with Gasteiger partial charge in [0.15, 0.2) is 17.6 Å². The molecule has 2 N–H and O–H groups in total. The number of halogens is 1. The van der Waals surface area contributed by atoms with Crippen molar-refractivity contribution in [3.8, 4) is 17.2 Å². The fourth-order valence-corrected chi connectivity index (χ4v) is 2.32. The number of hydrogen-bond acceptors (Lipinski definition) is 5. The van der Waals surface area contributed by atoms with E-state index < -0.39 is 6.10 Å². The predicted octanol–water partition coefficient (Wildman–Crippen LogP) is 3.47. The summed E-state index contributed by atoms with van der Waals surface area (Å²) in [5.41, 5.74) is 3.10. The van der Waals surface area contributed by atoms with Crippen LogP contribution in [0.5, 0.6) is 17.2 Å². The number of nitrogens with one attached hydrogen (secondary N) is 1. The van der Waals surface area contributed by atoms with Crippen molar-refractivity contribution in [1.82, 2.24) is 5.43 Å². The van der Waals surface area contributed by atoms with Gasteiger partial charge in [-0.1, -0.05) is 22.0 Å². The molecule has 0 radical (unpaired) electrons. The average Bonchev–Trinajstić information content (AvgIpc) is 2.58. The Bertz CT molecular complexity index is 764. The number of benzene rings is 2. The van der Waals surface area contributed by atoms with Crippen molar-refractivity contribution >= 4 is 28.1 Å². The predicted molar refractivity (Wildman–Crippen MR) is 99.2 cm³/mol. The fraction of sp³-hybridized carbons (Fsp3) is 0.222. The van der Waals surface area contributed by atoms with Gasteiger partial charge in [0, 0.05) is 4.47 Å². The van der Waals surface area contributed by atoms with Crippen LogP contribution in [-0.4, -0.2) is 29.9 Å². The molecule has 1 amide bonds. The van der Waals surface area contributed by atoms with Gasteiger partial charge in [-0.05, 0) is 55.8 Å². The summed E-state index contributed by atoms with van der Waals surface area (Å²) in [7, 11) is 0. The lowest BCUT2D eigenvalue weighted by atomic mass is 10.2. The SMILES string of the molecule is CCOc1cc(/C=N/NC(=O)[C@H](C)Oc2cccc(Br)c2)ccc1O. The molecular weight excluding hydrogens is 388 g/mol. The second kappa shape index (κ2) is 9.08. The normalized spacial score (nSPS) is 12.0. The van der Waals surface area contributed by atoms with Gasteiger partial charge in [-0.2, -0.15) is 5.10 Å². The number of hydrazone groups is 1. The highest BCUT2D eigenvalue weighted by atomic mass is 79.9. The summed E-state index contributed by atoms with van der Waals surface area (Å²) in [6, 6.07) is 12.0. The molecule has 25 heavy (non-hydrogen) atoms. The van der Waals surface area contributed by atoms with Crippen LogP contribution in [0.15, 0.2) is 52.0 Å². The minimum atomic E-state index is -0.703. The molecule has 0 aromatic heterocycles. The topological polar surface area (TPSA) is 80.2 Å². The molecule has 0 aliphatic rings. The number of nitrogens with zero attached hydrogens (tertiary/aromatic N) is 1. The van der Waals surface area contributed by atoms with Gasteiger partial charge in [-0.15, -0.1) is 0 Å². The Morgan fingerprint density at radius 1 is 1.36 bits per heavy atom. The quantitative estimate of drug-likeness (QED) is 0.544. The highest BCUT2D eigenvalue weighted by Crippen LogP contribution is 2.26. The molecule has 0 bridgehead atoms. The lowest BCUT2D eigenvalue weighted by Crippen LogP contribution is -2.33. The number of rotatable bonds is 7. The largest absolute Gasteiger partial charge is 0.504 e. The van der Waals surface area contributed by atoms with Crippen molar-refractivity contribution in [2.45, 2.75) is 20.0 Å². The first-order valence-electron chi connectivity index (χ1n) is 7.70. The van der Waals surface area contributed by atoms with Crippen LogP contribution in [0.3, 0.4) is 0 Å². The molecular formula is C18H19BrN2O4. The first kappa shape index (κ1) is 18.8. The zero-order valence-electron chi connectivity index (χ0n) is 13.9. The van der Waals surface area contributed by atoms with E-state index in [1.54, 1.807) is 31.2 Å². The van der Waals surface area contributed by atoms with Crippen LogP contribution in [0.2, 0.25) is 0 Å². The maximum atomic E-state index is 12.0. The molecule has 132 valence electrons. The molecule has 0 heterocycles. The van der Waals surface area contributed by atoms with Gasteiger partial charge in [-0.3, -0.25) is 4.79 Å². The van der Waals surface area contributed by atoms with Crippen LogP contribution >= 0.6 is 15.9 Å². The van der Waals surface area contributed by atoms with E-state index in [9.17, 15) is 9.90 Å². The summed E-state index contributed by atoms with van der Waals surface area (Å²) in [5, 5.41) is 13.6. The van der Waals surface area contributed by atoms with E-state index in [0.29, 0.717) is 23.7 Å². The molecule has 0 unspecified atom stereocenters. The molecule has 0 saturated carbocycles. The number of hydrogen-bond donors (Lipinski definition) is 2. The van der Waals surface area contributed by atoms with Gasteiger partial charge in [-0.25, -0.2) is 5.43 Å². The van der Waals surface area contributed by atoms with Crippen LogP contribution in [0, 0.1) is 0 Å². The van der Waals surface area contributed by atoms with E-state index in [-0.39, 0.29) is 11.7 Å². The molecule has 0 fully saturated rings. The molecule has 2 aromatic carbocycles. The van der Waals surface area contributed by atoms with Gasteiger partial charge in [0.25, 0.3) is 5.91 Å². The van der Waals surface area contributed by atoms with Crippen molar-refractivity contribution in [1.29, 1.82) is 0 Å². The lowest BCUT2D eigenvalue weighted by molar-refractivity contribution is -0.127. The summed E-state index contributed by atoms with van der Waals surface area (Å²) in [5.74, 6) is 0.629. The Morgan fingerprint density at radius 2 is 2.16 bits per heavy atom. The minimum Gasteiger partial charge on any atom is -0.504 e. The fourth-order valence-electron chi connectivity index (χ4n) is 1.94. The van der Waals surface area contributed by atoms with Crippen molar-refractivity contribution < 1.29 is 19.4 Å². The third-order valence-corrected chi connectivity index (χ3v) is 3.64. The molecule has 2 aromatic rings. The molecule has 6 nitrogen and oxygen atoms in total. The second-order valence-electron chi connectivity index (χ2n) is 5.11. The average molecular weight is 407 g/mol. The Labute approximate surface area is 154 Å². The molecule has 1 atom stereocenters. The summed E-state index contributed by atoms with van der Waals surface area (Å²) in [6.45, 7) is 3.90. The van der Waals surface area contributed by atoms with Crippen molar-refractivity contribution in [2.75, 3.05) is 6.61 Å². The summed E-state index contributed by atoms with van der Waals surface area (Å²) < 4.78 is 11.7. The van der Waals surface area contributed by atoms with E-state index in [2.05, 4.69) is 26.5 Å². The Kier molecular flexibility index (Phi) is 6.82. The monoisotopic (exact) mass is 406 g/mol. The number of amides is 1. The van der Waals surface area contributed by atoms with Crippen molar-refractivity contribution in [2.24, 2.45) is 5.10 Å². The molecule has 0 aliphatic carbocycles. The zero-order valence-corrected chi connectivity index (χ0v) is 15.5. The van der Waals surface area contributed by atoms with E-state index in [4.69, 9.17) is 9.47 Å². The summed E-state index contributed by atoms with van der Waals surface area (Å²) in [6.07, 6.45) is 0.761. The Balaban J connectivity index is 1.92. The van der Waals surface area contributed by atoms with E-state index in [0.717, 1.165) is 4.47 Å². The van der Waals surface area contributed by atoms with Gasteiger partial charge in [0.2, 0.25) is 0 Å². The molecule has 0 aliphatic heterocycles. The minimum absolute atomic E-state index is 0.0547. The molecule has 0 spiro atoms. The highest BCUT2D eigenvalue weighted by Gasteiger charge is 2.14.